The molecule has 0 aliphatic carbocycles. The molecule has 3 aromatic rings. The minimum absolute atomic E-state index is 0.0244. The molecule has 6 heteroatoms. The fourth-order valence-corrected chi connectivity index (χ4v) is 4.75. The Hall–Kier alpha value is -2.79. The van der Waals surface area contributed by atoms with Crippen LogP contribution in [0.1, 0.15) is 35.3 Å². The first-order valence-corrected chi connectivity index (χ1v) is 11.8. The van der Waals surface area contributed by atoms with Crippen LogP contribution in [0, 0.1) is 13.8 Å². The molecule has 32 heavy (non-hydrogen) atoms. The number of piperazine rings is 1. The lowest BCUT2D eigenvalue weighted by Gasteiger charge is -2.39. The molecule has 2 aromatic carbocycles. The zero-order valence-electron chi connectivity index (χ0n) is 19.4. The molecule has 4 rings (SSSR count). The van der Waals surface area contributed by atoms with E-state index in [1.54, 1.807) is 6.20 Å². The molecule has 0 spiro atoms. The van der Waals surface area contributed by atoms with Gasteiger partial charge in [0.15, 0.2) is 0 Å². The van der Waals surface area contributed by atoms with Gasteiger partial charge in [-0.1, -0.05) is 23.7 Å². The van der Waals surface area contributed by atoms with Gasteiger partial charge in [0.05, 0.1) is 16.8 Å². The quantitative estimate of drug-likeness (QED) is 0.527. The number of anilines is 2. The first kappa shape index (κ1) is 22.4. The van der Waals surface area contributed by atoms with Gasteiger partial charge in [-0.15, -0.1) is 0 Å². The van der Waals surface area contributed by atoms with Crippen molar-refractivity contribution in [3.8, 4) is 0 Å². The Morgan fingerprint density at radius 1 is 1.03 bits per heavy atom. The predicted molar refractivity (Wildman–Crippen MR) is 134 cm³/mol. The van der Waals surface area contributed by atoms with Crippen LogP contribution in [-0.2, 0) is 0 Å². The molecule has 1 aliphatic rings. The molecule has 168 valence electrons. The van der Waals surface area contributed by atoms with Crippen molar-refractivity contribution in [2.45, 2.75) is 27.7 Å². The average Bonchev–Trinajstić information content (AvgIpc) is 2.81. The second-order valence-electron chi connectivity index (χ2n) is 8.35. The normalized spacial score (nSPS) is 14.2. The van der Waals surface area contributed by atoms with E-state index in [1.165, 1.54) is 16.8 Å². The Balaban J connectivity index is 1.71. The van der Waals surface area contributed by atoms with Crippen molar-refractivity contribution in [1.82, 2.24) is 9.88 Å². The van der Waals surface area contributed by atoms with Crippen LogP contribution in [0.25, 0.3) is 10.9 Å². The number of pyridine rings is 1. The van der Waals surface area contributed by atoms with Crippen LogP contribution in [0.3, 0.4) is 0 Å². The maximum absolute atomic E-state index is 13.4. The SMILES string of the molecule is CCN(CC)C(=O)c1cnc2ccc(Cl)cc2c1N1CCN(c2cccc(C)c2C)CC1. The predicted octanol–water partition coefficient (Wildman–Crippen LogP) is 5.31. The number of fused-ring (bicyclic) bond motifs is 1. The van der Waals surface area contributed by atoms with E-state index < -0.39 is 0 Å². The molecule has 0 bridgehead atoms. The maximum atomic E-state index is 13.4. The second-order valence-corrected chi connectivity index (χ2v) is 8.79. The molecule has 0 radical (unpaired) electrons. The molecule has 1 aliphatic heterocycles. The molecule has 0 atom stereocenters. The van der Waals surface area contributed by atoms with Gasteiger partial charge in [-0.3, -0.25) is 9.78 Å². The highest BCUT2D eigenvalue weighted by Crippen LogP contribution is 2.34. The summed E-state index contributed by atoms with van der Waals surface area (Å²) in [6.45, 7) is 13.2. The summed E-state index contributed by atoms with van der Waals surface area (Å²) >= 11 is 6.36. The summed E-state index contributed by atoms with van der Waals surface area (Å²) in [4.78, 5) is 24.6. The number of aryl methyl sites for hydroxylation is 1. The first-order chi connectivity index (χ1) is 15.4. The molecule has 1 amide bonds. The van der Waals surface area contributed by atoms with Crippen molar-refractivity contribution in [2.75, 3.05) is 49.1 Å². The summed E-state index contributed by atoms with van der Waals surface area (Å²) in [5, 5.41) is 1.60. The Labute approximate surface area is 195 Å². The number of hydrogen-bond donors (Lipinski definition) is 0. The van der Waals surface area contributed by atoms with E-state index in [0.29, 0.717) is 23.7 Å². The van der Waals surface area contributed by atoms with E-state index in [4.69, 9.17) is 11.6 Å². The van der Waals surface area contributed by atoms with Gasteiger partial charge in [-0.2, -0.15) is 0 Å². The smallest absolute Gasteiger partial charge is 0.257 e. The Morgan fingerprint density at radius 2 is 1.72 bits per heavy atom. The number of halogens is 1. The molecule has 0 saturated carbocycles. The zero-order valence-corrected chi connectivity index (χ0v) is 20.1. The van der Waals surface area contributed by atoms with E-state index >= 15 is 0 Å². The van der Waals surface area contributed by atoms with Gasteiger partial charge in [-0.25, -0.2) is 0 Å². The Kier molecular flexibility index (Phi) is 6.56. The van der Waals surface area contributed by atoms with Crippen molar-refractivity contribution in [3.05, 3.63) is 64.3 Å². The average molecular weight is 451 g/mol. The molecule has 1 aromatic heterocycles. The monoisotopic (exact) mass is 450 g/mol. The number of carbonyl (C=O) groups excluding carboxylic acids is 1. The molecular formula is C26H31ClN4O. The van der Waals surface area contributed by atoms with Crippen molar-refractivity contribution in [2.24, 2.45) is 0 Å². The van der Waals surface area contributed by atoms with Crippen LogP contribution in [0.15, 0.2) is 42.6 Å². The van der Waals surface area contributed by atoms with Crippen LogP contribution in [0.4, 0.5) is 11.4 Å². The minimum atomic E-state index is 0.0244. The number of rotatable bonds is 5. The largest absolute Gasteiger partial charge is 0.368 e. The van der Waals surface area contributed by atoms with E-state index in [2.05, 4.69) is 46.8 Å². The zero-order chi connectivity index (χ0) is 22.8. The molecular weight excluding hydrogens is 420 g/mol. The van der Waals surface area contributed by atoms with E-state index in [1.807, 2.05) is 36.9 Å². The number of carbonyl (C=O) groups is 1. The number of aromatic nitrogens is 1. The molecule has 2 heterocycles. The molecule has 5 nitrogen and oxygen atoms in total. The van der Waals surface area contributed by atoms with E-state index in [9.17, 15) is 4.79 Å². The lowest BCUT2D eigenvalue weighted by molar-refractivity contribution is 0.0773. The van der Waals surface area contributed by atoms with Gasteiger partial charge in [-0.05, 0) is 63.1 Å². The van der Waals surface area contributed by atoms with Gasteiger partial charge in [0.1, 0.15) is 0 Å². The summed E-state index contributed by atoms with van der Waals surface area (Å²) in [5.74, 6) is 0.0244. The highest BCUT2D eigenvalue weighted by atomic mass is 35.5. The number of benzene rings is 2. The van der Waals surface area contributed by atoms with Crippen molar-refractivity contribution >= 4 is 39.8 Å². The number of nitrogens with zero attached hydrogens (tertiary/aromatic N) is 4. The summed E-state index contributed by atoms with van der Waals surface area (Å²) in [6.07, 6.45) is 1.74. The van der Waals surface area contributed by atoms with Gasteiger partial charge < -0.3 is 14.7 Å². The number of amides is 1. The van der Waals surface area contributed by atoms with Gasteiger partial charge in [0.25, 0.3) is 5.91 Å². The fourth-order valence-electron chi connectivity index (χ4n) is 4.58. The standard InChI is InChI=1S/C26H31ClN4O/c1-5-29(6-2)26(32)22-17-28-23-11-10-20(27)16-21(23)25(22)31-14-12-30(13-15-31)24-9-7-8-18(3)19(24)4/h7-11,16-17H,5-6,12-15H2,1-4H3. The summed E-state index contributed by atoms with van der Waals surface area (Å²) in [5.41, 5.74) is 6.41. The minimum Gasteiger partial charge on any atom is -0.368 e. The second kappa shape index (κ2) is 9.37. The molecule has 1 fully saturated rings. The van der Waals surface area contributed by atoms with Crippen LogP contribution >= 0.6 is 11.6 Å². The maximum Gasteiger partial charge on any atom is 0.257 e. The topological polar surface area (TPSA) is 39.7 Å². The van der Waals surface area contributed by atoms with Gasteiger partial charge in [0, 0.05) is 61.6 Å². The fraction of sp³-hybridized carbons (Fsp3) is 0.385. The van der Waals surface area contributed by atoms with Crippen molar-refractivity contribution in [3.63, 3.8) is 0 Å². The van der Waals surface area contributed by atoms with Crippen molar-refractivity contribution in [1.29, 1.82) is 0 Å². The van der Waals surface area contributed by atoms with Crippen LogP contribution in [0.2, 0.25) is 5.02 Å². The summed E-state index contributed by atoms with van der Waals surface area (Å²) < 4.78 is 0. The third-order valence-corrected chi connectivity index (χ3v) is 6.83. The lowest BCUT2D eigenvalue weighted by Crippen LogP contribution is -2.47. The van der Waals surface area contributed by atoms with Crippen LogP contribution in [-0.4, -0.2) is 55.1 Å². The highest BCUT2D eigenvalue weighted by molar-refractivity contribution is 6.31. The Morgan fingerprint density at radius 3 is 2.41 bits per heavy atom. The first-order valence-electron chi connectivity index (χ1n) is 11.4. The molecule has 0 N–H and O–H groups in total. The lowest BCUT2D eigenvalue weighted by atomic mass is 10.0. The highest BCUT2D eigenvalue weighted by Gasteiger charge is 2.26. The third kappa shape index (κ3) is 4.14. The Bertz CT molecular complexity index is 1130. The van der Waals surface area contributed by atoms with Crippen LogP contribution < -0.4 is 9.80 Å². The molecule has 1 saturated heterocycles. The van der Waals surface area contributed by atoms with Gasteiger partial charge in [0.2, 0.25) is 0 Å². The van der Waals surface area contributed by atoms with Gasteiger partial charge >= 0.3 is 0 Å². The summed E-state index contributed by atoms with van der Waals surface area (Å²) in [6, 6.07) is 12.2. The summed E-state index contributed by atoms with van der Waals surface area (Å²) in [7, 11) is 0. The van der Waals surface area contributed by atoms with E-state index in [-0.39, 0.29) is 5.91 Å². The number of hydrogen-bond acceptors (Lipinski definition) is 4. The van der Waals surface area contributed by atoms with Crippen LogP contribution in [0.5, 0.6) is 0 Å². The van der Waals surface area contributed by atoms with E-state index in [0.717, 1.165) is 42.8 Å². The molecule has 0 unspecified atom stereocenters. The third-order valence-electron chi connectivity index (χ3n) is 6.60. The van der Waals surface area contributed by atoms with Crippen molar-refractivity contribution < 1.29 is 4.79 Å².